The van der Waals surface area contributed by atoms with Gasteiger partial charge in [0.1, 0.15) is 12.1 Å². The quantitative estimate of drug-likeness (QED) is 0.628. The van der Waals surface area contributed by atoms with Crippen molar-refractivity contribution in [3.63, 3.8) is 0 Å². The second-order valence-electron chi connectivity index (χ2n) is 3.00. The SMILES string of the molecule is Cc1cc(C#N)c2occc2c1C#N. The molecule has 0 amide bonds. The van der Waals surface area contributed by atoms with Crippen molar-refractivity contribution < 1.29 is 4.42 Å². The van der Waals surface area contributed by atoms with Crippen molar-refractivity contribution >= 4 is 11.0 Å². The lowest BCUT2D eigenvalue weighted by Crippen LogP contribution is -1.86. The van der Waals surface area contributed by atoms with Gasteiger partial charge >= 0.3 is 0 Å². The Morgan fingerprint density at radius 3 is 2.71 bits per heavy atom. The second-order valence-corrected chi connectivity index (χ2v) is 3.00. The summed E-state index contributed by atoms with van der Waals surface area (Å²) >= 11 is 0. The van der Waals surface area contributed by atoms with E-state index in [9.17, 15) is 0 Å². The topological polar surface area (TPSA) is 60.7 Å². The third-order valence-electron chi connectivity index (χ3n) is 2.17. The standard InChI is InChI=1S/C11H6N2O/c1-7-4-8(5-12)11-9(2-3-14-11)10(7)6-13/h2-4H,1H3. The lowest BCUT2D eigenvalue weighted by Gasteiger charge is -1.99. The molecule has 0 saturated carbocycles. The first-order valence-electron chi connectivity index (χ1n) is 4.09. The van der Waals surface area contributed by atoms with Crippen LogP contribution in [0.25, 0.3) is 11.0 Å². The Balaban J connectivity index is 3.00. The van der Waals surface area contributed by atoms with Crippen molar-refractivity contribution in [3.05, 3.63) is 35.1 Å². The van der Waals surface area contributed by atoms with E-state index in [4.69, 9.17) is 14.9 Å². The maximum absolute atomic E-state index is 8.92. The van der Waals surface area contributed by atoms with E-state index in [1.807, 2.05) is 13.0 Å². The fourth-order valence-corrected chi connectivity index (χ4v) is 1.51. The summed E-state index contributed by atoms with van der Waals surface area (Å²) in [6, 6.07) is 7.53. The molecular formula is C11H6N2O. The first kappa shape index (κ1) is 8.34. The Kier molecular flexibility index (Phi) is 1.73. The molecule has 0 aliphatic carbocycles. The number of nitrogens with zero attached hydrogens (tertiary/aromatic N) is 2. The number of benzene rings is 1. The summed E-state index contributed by atoms with van der Waals surface area (Å²) in [6.07, 6.45) is 1.49. The summed E-state index contributed by atoms with van der Waals surface area (Å²) in [7, 11) is 0. The van der Waals surface area contributed by atoms with Gasteiger partial charge in [0.15, 0.2) is 5.58 Å². The molecule has 3 heteroatoms. The number of hydrogen-bond donors (Lipinski definition) is 0. The maximum Gasteiger partial charge on any atom is 0.152 e. The van der Waals surface area contributed by atoms with Crippen LogP contribution in [0, 0.1) is 29.6 Å². The highest BCUT2D eigenvalue weighted by molar-refractivity contribution is 5.89. The van der Waals surface area contributed by atoms with Crippen molar-refractivity contribution in [1.82, 2.24) is 0 Å². The van der Waals surface area contributed by atoms with Gasteiger partial charge in [0, 0.05) is 5.39 Å². The van der Waals surface area contributed by atoms with Gasteiger partial charge in [-0.3, -0.25) is 0 Å². The summed E-state index contributed by atoms with van der Waals surface area (Å²) in [5, 5.41) is 18.5. The molecule has 1 heterocycles. The van der Waals surface area contributed by atoms with Crippen molar-refractivity contribution in [2.45, 2.75) is 6.92 Å². The Morgan fingerprint density at radius 2 is 2.07 bits per heavy atom. The van der Waals surface area contributed by atoms with E-state index in [-0.39, 0.29) is 0 Å². The maximum atomic E-state index is 8.92. The molecule has 1 aromatic carbocycles. The molecular weight excluding hydrogens is 176 g/mol. The van der Waals surface area contributed by atoms with Crippen molar-refractivity contribution in [3.8, 4) is 12.1 Å². The largest absolute Gasteiger partial charge is 0.463 e. The van der Waals surface area contributed by atoms with Crippen LogP contribution < -0.4 is 0 Å². The zero-order valence-corrected chi connectivity index (χ0v) is 7.53. The molecule has 0 saturated heterocycles. The minimum absolute atomic E-state index is 0.474. The number of nitriles is 2. The lowest BCUT2D eigenvalue weighted by atomic mass is 10.0. The Bertz CT molecular complexity index is 582. The monoisotopic (exact) mass is 182 g/mol. The van der Waals surface area contributed by atoms with Gasteiger partial charge in [-0.2, -0.15) is 10.5 Å². The summed E-state index contributed by atoms with van der Waals surface area (Å²) in [4.78, 5) is 0. The number of furan rings is 1. The van der Waals surface area contributed by atoms with Gasteiger partial charge in [-0.1, -0.05) is 0 Å². The van der Waals surface area contributed by atoms with Crippen LogP contribution in [0.15, 0.2) is 22.8 Å². The van der Waals surface area contributed by atoms with Crippen LogP contribution in [0.3, 0.4) is 0 Å². The van der Waals surface area contributed by atoms with E-state index in [1.165, 1.54) is 6.26 Å². The molecule has 0 fully saturated rings. The van der Waals surface area contributed by atoms with Crippen molar-refractivity contribution in [1.29, 1.82) is 10.5 Å². The van der Waals surface area contributed by atoms with Gasteiger partial charge in [0.25, 0.3) is 0 Å². The third kappa shape index (κ3) is 0.967. The van der Waals surface area contributed by atoms with Crippen molar-refractivity contribution in [2.24, 2.45) is 0 Å². The first-order chi connectivity index (χ1) is 6.77. The first-order valence-corrected chi connectivity index (χ1v) is 4.09. The Morgan fingerprint density at radius 1 is 1.29 bits per heavy atom. The highest BCUT2D eigenvalue weighted by Gasteiger charge is 2.11. The average Bonchev–Trinajstić information content (AvgIpc) is 2.65. The number of fused-ring (bicyclic) bond motifs is 1. The molecule has 2 rings (SSSR count). The molecule has 1 aromatic heterocycles. The number of aryl methyl sites for hydroxylation is 1. The normalized spacial score (nSPS) is 9.64. The second kappa shape index (κ2) is 2.90. The molecule has 0 N–H and O–H groups in total. The minimum Gasteiger partial charge on any atom is -0.463 e. The smallest absolute Gasteiger partial charge is 0.152 e. The highest BCUT2D eigenvalue weighted by Crippen LogP contribution is 2.25. The van der Waals surface area contributed by atoms with E-state index in [2.05, 4.69) is 6.07 Å². The molecule has 3 nitrogen and oxygen atoms in total. The van der Waals surface area contributed by atoms with Crippen LogP contribution in [0.5, 0.6) is 0 Å². The van der Waals surface area contributed by atoms with E-state index in [1.54, 1.807) is 12.1 Å². The van der Waals surface area contributed by atoms with Crippen molar-refractivity contribution in [2.75, 3.05) is 0 Å². The predicted octanol–water partition coefficient (Wildman–Crippen LogP) is 2.48. The summed E-state index contributed by atoms with van der Waals surface area (Å²) in [6.45, 7) is 1.81. The molecule has 0 atom stereocenters. The van der Waals surface area contributed by atoms with Crippen LogP contribution >= 0.6 is 0 Å². The molecule has 0 aliphatic heterocycles. The van der Waals surface area contributed by atoms with E-state index < -0.39 is 0 Å². The van der Waals surface area contributed by atoms with Gasteiger partial charge in [0.05, 0.1) is 17.4 Å². The summed E-state index contributed by atoms with van der Waals surface area (Å²) in [5.74, 6) is 0. The van der Waals surface area contributed by atoms with Crippen LogP contribution in [0.1, 0.15) is 16.7 Å². The van der Waals surface area contributed by atoms with Crippen LogP contribution in [-0.2, 0) is 0 Å². The molecule has 14 heavy (non-hydrogen) atoms. The van der Waals surface area contributed by atoms with Gasteiger partial charge < -0.3 is 4.42 Å². The number of hydrogen-bond acceptors (Lipinski definition) is 3. The average molecular weight is 182 g/mol. The molecule has 0 unspecified atom stereocenters. The lowest BCUT2D eigenvalue weighted by molar-refractivity contribution is 0.614. The van der Waals surface area contributed by atoms with E-state index >= 15 is 0 Å². The minimum atomic E-state index is 0.474. The van der Waals surface area contributed by atoms with E-state index in [0.29, 0.717) is 22.1 Å². The van der Waals surface area contributed by atoms with Gasteiger partial charge in [0.2, 0.25) is 0 Å². The molecule has 2 aromatic rings. The highest BCUT2D eigenvalue weighted by atomic mass is 16.3. The summed E-state index contributed by atoms with van der Waals surface area (Å²) in [5.41, 5.74) is 2.35. The predicted molar refractivity (Wildman–Crippen MR) is 50.4 cm³/mol. The number of rotatable bonds is 0. The fourth-order valence-electron chi connectivity index (χ4n) is 1.51. The van der Waals surface area contributed by atoms with Gasteiger partial charge in [-0.05, 0) is 24.6 Å². The summed E-state index contributed by atoms with van der Waals surface area (Å²) < 4.78 is 5.16. The molecule has 66 valence electrons. The van der Waals surface area contributed by atoms with Crippen LogP contribution in [0.4, 0.5) is 0 Å². The van der Waals surface area contributed by atoms with Crippen LogP contribution in [0.2, 0.25) is 0 Å². The molecule has 0 bridgehead atoms. The molecule has 0 spiro atoms. The Hall–Kier alpha value is -2.26. The third-order valence-corrected chi connectivity index (χ3v) is 2.17. The van der Waals surface area contributed by atoms with Crippen LogP contribution in [-0.4, -0.2) is 0 Å². The molecule has 0 radical (unpaired) electrons. The fraction of sp³-hybridized carbons (Fsp3) is 0.0909. The van der Waals surface area contributed by atoms with Gasteiger partial charge in [-0.15, -0.1) is 0 Å². The Labute approximate surface area is 80.8 Å². The van der Waals surface area contributed by atoms with Gasteiger partial charge in [-0.25, -0.2) is 0 Å². The molecule has 0 aliphatic rings. The zero-order chi connectivity index (χ0) is 10.1. The van der Waals surface area contributed by atoms with E-state index in [0.717, 1.165) is 5.56 Å². The zero-order valence-electron chi connectivity index (χ0n) is 7.53.